The Morgan fingerprint density at radius 3 is 3.15 bits per heavy atom. The van der Waals surface area contributed by atoms with Crippen LogP contribution in [0.3, 0.4) is 0 Å². The quantitative estimate of drug-likeness (QED) is 0.603. The predicted molar refractivity (Wildman–Crippen MR) is 49.7 cm³/mol. The van der Waals surface area contributed by atoms with Crippen LogP contribution in [0.15, 0.2) is 18.2 Å². The summed E-state index contributed by atoms with van der Waals surface area (Å²) in [7, 11) is 0. The van der Waals surface area contributed by atoms with Crippen LogP contribution in [-0.2, 0) is 0 Å². The Morgan fingerprint density at radius 2 is 2.38 bits per heavy atom. The van der Waals surface area contributed by atoms with Gasteiger partial charge in [-0.1, -0.05) is 6.92 Å². The number of hydrogen-bond acceptors (Lipinski definition) is 2. The molecule has 0 saturated carbocycles. The highest BCUT2D eigenvalue weighted by Crippen LogP contribution is 2.33. The number of rotatable bonds is 0. The molecule has 0 aromatic heterocycles. The van der Waals surface area contributed by atoms with Gasteiger partial charge < -0.3 is 4.74 Å². The molecule has 2 rings (SSSR count). The summed E-state index contributed by atoms with van der Waals surface area (Å²) in [5.41, 5.74) is 1.89. The molecule has 0 bridgehead atoms. The van der Waals surface area contributed by atoms with Crippen LogP contribution in [0.5, 0.6) is 5.75 Å². The lowest BCUT2D eigenvalue weighted by Gasteiger charge is -2.22. The molecule has 2 nitrogen and oxygen atoms in total. The van der Waals surface area contributed by atoms with Crippen molar-refractivity contribution in [1.82, 2.24) is 0 Å². The first-order valence-electron chi connectivity index (χ1n) is 4.48. The molecule has 0 saturated heterocycles. The standard InChI is InChI=1S/C11H11NO/c1-8-4-5-13-11-3-2-9(7-12)6-10(8)11/h2-3,6,8H,4-5H2,1H3. The molecule has 0 N–H and O–H groups in total. The Balaban J connectivity index is 2.48. The molecule has 1 atom stereocenters. The molecule has 1 heterocycles. The van der Waals surface area contributed by atoms with Crippen molar-refractivity contribution in [3.8, 4) is 11.8 Å². The summed E-state index contributed by atoms with van der Waals surface area (Å²) >= 11 is 0. The maximum absolute atomic E-state index is 8.73. The topological polar surface area (TPSA) is 33.0 Å². The molecule has 13 heavy (non-hydrogen) atoms. The van der Waals surface area contributed by atoms with Gasteiger partial charge in [0.25, 0.3) is 0 Å². The summed E-state index contributed by atoms with van der Waals surface area (Å²) < 4.78 is 5.48. The van der Waals surface area contributed by atoms with Crippen molar-refractivity contribution < 1.29 is 4.74 Å². The molecule has 1 unspecified atom stereocenters. The van der Waals surface area contributed by atoms with Crippen LogP contribution in [-0.4, -0.2) is 6.61 Å². The first-order chi connectivity index (χ1) is 6.31. The van der Waals surface area contributed by atoms with Crippen LogP contribution in [0.1, 0.15) is 30.4 Å². The summed E-state index contributed by atoms with van der Waals surface area (Å²) in [4.78, 5) is 0. The third-order valence-corrected chi connectivity index (χ3v) is 2.48. The van der Waals surface area contributed by atoms with Gasteiger partial charge >= 0.3 is 0 Å². The SMILES string of the molecule is CC1CCOc2ccc(C#N)cc21. The second kappa shape index (κ2) is 3.10. The van der Waals surface area contributed by atoms with Gasteiger partial charge in [-0.25, -0.2) is 0 Å². The molecule has 66 valence electrons. The zero-order valence-corrected chi connectivity index (χ0v) is 7.58. The minimum Gasteiger partial charge on any atom is -0.493 e. The fourth-order valence-electron chi connectivity index (χ4n) is 1.64. The highest BCUT2D eigenvalue weighted by Gasteiger charge is 2.17. The molecule has 1 aromatic carbocycles. The highest BCUT2D eigenvalue weighted by atomic mass is 16.5. The van der Waals surface area contributed by atoms with Gasteiger partial charge in [-0.05, 0) is 36.1 Å². The van der Waals surface area contributed by atoms with Crippen LogP contribution in [0, 0.1) is 11.3 Å². The smallest absolute Gasteiger partial charge is 0.122 e. The number of benzene rings is 1. The van der Waals surface area contributed by atoms with E-state index in [2.05, 4.69) is 13.0 Å². The maximum atomic E-state index is 8.73. The first-order valence-corrected chi connectivity index (χ1v) is 4.48. The van der Waals surface area contributed by atoms with Crippen molar-refractivity contribution in [2.45, 2.75) is 19.3 Å². The maximum Gasteiger partial charge on any atom is 0.122 e. The Kier molecular flexibility index (Phi) is 1.94. The molecule has 0 spiro atoms. The Labute approximate surface area is 77.8 Å². The zero-order valence-electron chi connectivity index (χ0n) is 7.58. The largest absolute Gasteiger partial charge is 0.493 e. The molecule has 0 fully saturated rings. The second-order valence-electron chi connectivity index (χ2n) is 3.40. The van der Waals surface area contributed by atoms with Crippen LogP contribution in [0.25, 0.3) is 0 Å². The number of hydrogen-bond donors (Lipinski definition) is 0. The monoisotopic (exact) mass is 173 g/mol. The average Bonchev–Trinajstić information content (AvgIpc) is 2.18. The highest BCUT2D eigenvalue weighted by molar-refractivity contribution is 5.44. The van der Waals surface area contributed by atoms with E-state index in [1.807, 2.05) is 12.1 Å². The molecule has 1 aromatic rings. The Morgan fingerprint density at radius 1 is 1.54 bits per heavy atom. The molecule has 0 aliphatic carbocycles. The van der Waals surface area contributed by atoms with Gasteiger partial charge in [-0.2, -0.15) is 5.26 Å². The van der Waals surface area contributed by atoms with E-state index in [1.54, 1.807) is 6.07 Å². The minimum absolute atomic E-state index is 0.511. The van der Waals surface area contributed by atoms with Crippen LogP contribution < -0.4 is 4.74 Å². The fraction of sp³-hybridized carbons (Fsp3) is 0.364. The van der Waals surface area contributed by atoms with Crippen LogP contribution in [0.4, 0.5) is 0 Å². The molecular weight excluding hydrogens is 162 g/mol. The van der Waals surface area contributed by atoms with Gasteiger partial charge in [0.05, 0.1) is 18.2 Å². The molecule has 1 aliphatic rings. The normalized spacial score (nSPS) is 19.8. The van der Waals surface area contributed by atoms with Gasteiger partial charge in [0.15, 0.2) is 0 Å². The second-order valence-corrected chi connectivity index (χ2v) is 3.40. The van der Waals surface area contributed by atoms with Crippen LogP contribution >= 0.6 is 0 Å². The summed E-state index contributed by atoms with van der Waals surface area (Å²) in [5, 5.41) is 8.73. The van der Waals surface area contributed by atoms with Crippen molar-refractivity contribution >= 4 is 0 Å². The van der Waals surface area contributed by atoms with E-state index in [0.717, 1.165) is 24.3 Å². The molecule has 0 radical (unpaired) electrons. The molecule has 1 aliphatic heterocycles. The first kappa shape index (κ1) is 8.12. The number of nitrogens with zero attached hydrogens (tertiary/aromatic N) is 1. The number of nitriles is 1. The number of ether oxygens (including phenoxy) is 1. The van der Waals surface area contributed by atoms with E-state index in [4.69, 9.17) is 10.00 Å². The van der Waals surface area contributed by atoms with Gasteiger partial charge in [0.2, 0.25) is 0 Å². The van der Waals surface area contributed by atoms with Crippen molar-refractivity contribution in [2.75, 3.05) is 6.61 Å². The van der Waals surface area contributed by atoms with E-state index in [0.29, 0.717) is 5.92 Å². The van der Waals surface area contributed by atoms with Gasteiger partial charge in [0, 0.05) is 0 Å². The van der Waals surface area contributed by atoms with Crippen molar-refractivity contribution in [3.05, 3.63) is 29.3 Å². The van der Waals surface area contributed by atoms with E-state index >= 15 is 0 Å². The minimum atomic E-state index is 0.511. The third kappa shape index (κ3) is 1.38. The Bertz CT molecular complexity index is 365. The summed E-state index contributed by atoms with van der Waals surface area (Å²) in [5.74, 6) is 1.45. The lowest BCUT2D eigenvalue weighted by atomic mass is 9.94. The number of fused-ring (bicyclic) bond motifs is 1. The molecular formula is C11H11NO. The summed E-state index contributed by atoms with van der Waals surface area (Å²) in [6.45, 7) is 2.96. The van der Waals surface area contributed by atoms with Crippen molar-refractivity contribution in [2.24, 2.45) is 0 Å². The Hall–Kier alpha value is -1.49. The van der Waals surface area contributed by atoms with Crippen LogP contribution in [0.2, 0.25) is 0 Å². The van der Waals surface area contributed by atoms with Gasteiger partial charge in [0.1, 0.15) is 5.75 Å². The van der Waals surface area contributed by atoms with Crippen molar-refractivity contribution in [1.29, 1.82) is 5.26 Å². The lowest BCUT2D eigenvalue weighted by Crippen LogP contribution is -2.11. The van der Waals surface area contributed by atoms with Gasteiger partial charge in [-0.3, -0.25) is 0 Å². The third-order valence-electron chi connectivity index (χ3n) is 2.48. The van der Waals surface area contributed by atoms with Gasteiger partial charge in [-0.15, -0.1) is 0 Å². The van der Waals surface area contributed by atoms with E-state index < -0.39 is 0 Å². The zero-order chi connectivity index (χ0) is 9.26. The predicted octanol–water partition coefficient (Wildman–Crippen LogP) is 2.44. The average molecular weight is 173 g/mol. The van der Waals surface area contributed by atoms with E-state index in [9.17, 15) is 0 Å². The summed E-state index contributed by atoms with van der Waals surface area (Å²) in [6.07, 6.45) is 1.04. The fourth-order valence-corrected chi connectivity index (χ4v) is 1.64. The summed E-state index contributed by atoms with van der Waals surface area (Å²) in [6, 6.07) is 7.77. The lowest BCUT2D eigenvalue weighted by molar-refractivity contribution is 0.272. The van der Waals surface area contributed by atoms with E-state index in [1.165, 1.54) is 5.56 Å². The van der Waals surface area contributed by atoms with Crippen molar-refractivity contribution in [3.63, 3.8) is 0 Å². The molecule has 0 amide bonds. The molecule has 2 heteroatoms. The van der Waals surface area contributed by atoms with E-state index in [-0.39, 0.29) is 0 Å².